The first-order valence-corrected chi connectivity index (χ1v) is 8.75. The summed E-state index contributed by atoms with van der Waals surface area (Å²) in [7, 11) is 0. The van der Waals surface area contributed by atoms with Crippen LogP contribution in [0.2, 0.25) is 0 Å². The van der Waals surface area contributed by atoms with Crippen molar-refractivity contribution >= 4 is 5.96 Å². The molecule has 24 heavy (non-hydrogen) atoms. The molecule has 0 amide bonds. The number of nitrogens with zero attached hydrogens (tertiary/aromatic N) is 3. The third-order valence-corrected chi connectivity index (χ3v) is 3.95. The Hall–Kier alpha value is -2.30. The first-order chi connectivity index (χ1) is 11.6. The number of benzene rings is 1. The third-order valence-electron chi connectivity index (χ3n) is 3.95. The summed E-state index contributed by atoms with van der Waals surface area (Å²) in [5.41, 5.74) is 3.80. The lowest BCUT2D eigenvalue weighted by molar-refractivity contribution is 0.617. The first-order valence-electron chi connectivity index (χ1n) is 8.75. The summed E-state index contributed by atoms with van der Waals surface area (Å²) in [5, 5.41) is 11.1. The van der Waals surface area contributed by atoms with Crippen molar-refractivity contribution in [2.75, 3.05) is 13.1 Å². The molecule has 0 bridgehead atoms. The Morgan fingerprint density at radius 2 is 2.00 bits per heavy atom. The van der Waals surface area contributed by atoms with Gasteiger partial charge in [-0.15, -0.1) is 0 Å². The molecule has 5 nitrogen and oxygen atoms in total. The molecule has 0 saturated carbocycles. The van der Waals surface area contributed by atoms with Gasteiger partial charge in [0, 0.05) is 12.7 Å². The number of aryl methyl sites for hydroxylation is 2. The van der Waals surface area contributed by atoms with Gasteiger partial charge in [-0.1, -0.05) is 31.2 Å². The van der Waals surface area contributed by atoms with E-state index < -0.39 is 0 Å². The number of hydrogen-bond donors (Lipinski definition) is 2. The van der Waals surface area contributed by atoms with Crippen molar-refractivity contribution in [2.24, 2.45) is 4.99 Å². The largest absolute Gasteiger partial charge is 0.357 e. The average molecular weight is 327 g/mol. The number of nitrogens with one attached hydrogen (secondary N) is 2. The van der Waals surface area contributed by atoms with Gasteiger partial charge < -0.3 is 10.6 Å². The van der Waals surface area contributed by atoms with Crippen molar-refractivity contribution in [2.45, 2.75) is 46.7 Å². The Bertz CT molecular complexity index is 642. The molecule has 1 aromatic heterocycles. The van der Waals surface area contributed by atoms with E-state index in [0.717, 1.165) is 25.5 Å². The highest BCUT2D eigenvalue weighted by atomic mass is 15.3. The molecule has 0 fully saturated rings. The van der Waals surface area contributed by atoms with Gasteiger partial charge in [-0.05, 0) is 43.9 Å². The van der Waals surface area contributed by atoms with Crippen molar-refractivity contribution in [1.82, 2.24) is 20.4 Å². The molecule has 0 aliphatic heterocycles. The number of guanidine groups is 1. The van der Waals surface area contributed by atoms with Gasteiger partial charge in [-0.25, -0.2) is 0 Å². The van der Waals surface area contributed by atoms with Gasteiger partial charge in [-0.2, -0.15) is 5.10 Å². The quantitative estimate of drug-likeness (QED) is 0.607. The second kappa shape index (κ2) is 9.11. The lowest BCUT2D eigenvalue weighted by Gasteiger charge is -2.18. The Morgan fingerprint density at radius 1 is 1.25 bits per heavy atom. The molecule has 130 valence electrons. The van der Waals surface area contributed by atoms with Crippen LogP contribution in [0.1, 0.15) is 43.5 Å². The fourth-order valence-corrected chi connectivity index (χ4v) is 2.50. The number of rotatable bonds is 7. The molecular weight excluding hydrogens is 298 g/mol. The molecule has 0 spiro atoms. The van der Waals surface area contributed by atoms with Crippen molar-refractivity contribution < 1.29 is 0 Å². The topological polar surface area (TPSA) is 54.2 Å². The summed E-state index contributed by atoms with van der Waals surface area (Å²) in [6, 6.07) is 8.97. The van der Waals surface area contributed by atoms with Crippen molar-refractivity contribution in [3.05, 3.63) is 53.3 Å². The molecule has 0 aliphatic rings. The first kappa shape index (κ1) is 18.0. The monoisotopic (exact) mass is 327 g/mol. The minimum atomic E-state index is 0.209. The van der Waals surface area contributed by atoms with Gasteiger partial charge >= 0.3 is 0 Å². The molecule has 2 N–H and O–H groups in total. The molecule has 0 aliphatic carbocycles. The minimum absolute atomic E-state index is 0.209. The predicted molar refractivity (Wildman–Crippen MR) is 100 cm³/mol. The normalized spacial score (nSPS) is 12.9. The van der Waals surface area contributed by atoms with E-state index >= 15 is 0 Å². The summed E-state index contributed by atoms with van der Waals surface area (Å²) in [6.07, 6.45) is 4.97. The molecule has 5 heteroatoms. The van der Waals surface area contributed by atoms with Gasteiger partial charge in [-0.3, -0.25) is 9.67 Å². The number of hydrogen-bond acceptors (Lipinski definition) is 2. The van der Waals surface area contributed by atoms with E-state index in [4.69, 9.17) is 0 Å². The Morgan fingerprint density at radius 3 is 2.58 bits per heavy atom. The van der Waals surface area contributed by atoms with Crippen LogP contribution in [0, 0.1) is 6.92 Å². The summed E-state index contributed by atoms with van der Waals surface area (Å²) < 4.78 is 1.93. The van der Waals surface area contributed by atoms with Crippen LogP contribution >= 0.6 is 0 Å². The van der Waals surface area contributed by atoms with E-state index in [-0.39, 0.29) is 6.04 Å². The maximum Gasteiger partial charge on any atom is 0.191 e. The highest BCUT2D eigenvalue weighted by molar-refractivity contribution is 5.80. The van der Waals surface area contributed by atoms with Crippen LogP contribution in [0.15, 0.2) is 41.7 Å². The zero-order valence-electron chi connectivity index (χ0n) is 15.2. The highest BCUT2D eigenvalue weighted by Gasteiger charge is 2.07. The van der Waals surface area contributed by atoms with Crippen LogP contribution in [0.25, 0.3) is 0 Å². The summed E-state index contributed by atoms with van der Waals surface area (Å²) >= 11 is 0. The van der Waals surface area contributed by atoms with E-state index in [2.05, 4.69) is 65.8 Å². The second-order valence-electron chi connectivity index (χ2n) is 6.00. The van der Waals surface area contributed by atoms with Crippen LogP contribution in [0.3, 0.4) is 0 Å². The Balaban J connectivity index is 1.94. The van der Waals surface area contributed by atoms with Crippen molar-refractivity contribution in [1.29, 1.82) is 0 Å². The van der Waals surface area contributed by atoms with Gasteiger partial charge in [0.25, 0.3) is 0 Å². The second-order valence-corrected chi connectivity index (χ2v) is 6.00. The van der Waals surface area contributed by atoms with Crippen LogP contribution in [0.5, 0.6) is 0 Å². The van der Waals surface area contributed by atoms with Crippen molar-refractivity contribution in [3.63, 3.8) is 0 Å². The standard InChI is InChI=1S/C19H29N5/c1-5-17-7-9-18(10-8-17)16(4)23-19(20-6-2)21-11-12-24-14-15(3)13-22-24/h7-10,13-14,16H,5-6,11-12H2,1-4H3,(H2,20,21,23). The van der Waals surface area contributed by atoms with Crippen LogP contribution in [-0.2, 0) is 13.0 Å². The smallest absolute Gasteiger partial charge is 0.191 e. The minimum Gasteiger partial charge on any atom is -0.357 e. The molecule has 2 aromatic rings. The zero-order valence-corrected chi connectivity index (χ0v) is 15.2. The molecule has 0 radical (unpaired) electrons. The van der Waals surface area contributed by atoms with Crippen LogP contribution in [-0.4, -0.2) is 28.8 Å². The fraction of sp³-hybridized carbons (Fsp3) is 0.474. The maximum atomic E-state index is 4.65. The van der Waals surface area contributed by atoms with Gasteiger partial charge in [0.2, 0.25) is 0 Å². The Kier molecular flexibility index (Phi) is 6.85. The molecule has 1 unspecified atom stereocenters. The van der Waals surface area contributed by atoms with E-state index in [1.807, 2.05) is 24.0 Å². The lowest BCUT2D eigenvalue weighted by Crippen LogP contribution is -2.39. The third kappa shape index (κ3) is 5.41. The van der Waals surface area contributed by atoms with Gasteiger partial charge in [0.05, 0.1) is 25.3 Å². The molecule has 2 rings (SSSR count). The fourth-order valence-electron chi connectivity index (χ4n) is 2.50. The molecular formula is C19H29N5. The molecule has 1 heterocycles. The van der Waals surface area contributed by atoms with E-state index in [0.29, 0.717) is 6.54 Å². The molecule has 0 saturated heterocycles. The maximum absolute atomic E-state index is 4.65. The molecule has 1 aromatic carbocycles. The molecule has 1 atom stereocenters. The van der Waals surface area contributed by atoms with E-state index in [1.54, 1.807) is 0 Å². The van der Waals surface area contributed by atoms with Gasteiger partial charge in [0.15, 0.2) is 5.96 Å². The number of aliphatic imine (C=N–C) groups is 1. The Labute approximate surface area is 145 Å². The van der Waals surface area contributed by atoms with Gasteiger partial charge in [0.1, 0.15) is 0 Å². The average Bonchev–Trinajstić information content (AvgIpc) is 3.00. The lowest BCUT2D eigenvalue weighted by atomic mass is 10.1. The SMILES string of the molecule is CCNC(=NCCn1cc(C)cn1)NC(C)c1ccc(CC)cc1. The van der Waals surface area contributed by atoms with E-state index in [9.17, 15) is 0 Å². The van der Waals surface area contributed by atoms with E-state index in [1.165, 1.54) is 16.7 Å². The predicted octanol–water partition coefficient (Wildman–Crippen LogP) is 3.07. The van der Waals surface area contributed by atoms with Crippen molar-refractivity contribution in [3.8, 4) is 0 Å². The summed E-state index contributed by atoms with van der Waals surface area (Å²) in [6.45, 7) is 10.8. The summed E-state index contributed by atoms with van der Waals surface area (Å²) in [4.78, 5) is 4.65. The zero-order chi connectivity index (χ0) is 17.4. The van der Waals surface area contributed by atoms with Crippen LogP contribution in [0.4, 0.5) is 0 Å². The summed E-state index contributed by atoms with van der Waals surface area (Å²) in [5.74, 6) is 0.841. The van der Waals surface area contributed by atoms with Crippen LogP contribution < -0.4 is 10.6 Å². The number of aromatic nitrogens is 2. The highest BCUT2D eigenvalue weighted by Crippen LogP contribution is 2.13.